The number of nitriles is 1. The summed E-state index contributed by atoms with van der Waals surface area (Å²) in [5, 5.41) is 14.6. The van der Waals surface area contributed by atoms with Crippen molar-refractivity contribution in [3.8, 4) is 11.8 Å². The summed E-state index contributed by atoms with van der Waals surface area (Å²) >= 11 is 0. The van der Waals surface area contributed by atoms with E-state index in [9.17, 15) is 10.1 Å². The Hall–Kier alpha value is -4.11. The van der Waals surface area contributed by atoms with Crippen LogP contribution in [0.5, 0.6) is 0 Å². The molecule has 4 rings (SSSR count). The van der Waals surface area contributed by atoms with Crippen LogP contribution in [0.2, 0.25) is 0 Å². The molecule has 0 aliphatic carbocycles. The number of esters is 1. The molecule has 0 radical (unpaired) electrons. The van der Waals surface area contributed by atoms with Gasteiger partial charge in [0, 0.05) is 29.3 Å². The van der Waals surface area contributed by atoms with Gasteiger partial charge in [-0.3, -0.25) is 0 Å². The summed E-state index contributed by atoms with van der Waals surface area (Å²) in [4.78, 5) is 12.3. The maximum absolute atomic E-state index is 12.3. The summed E-state index contributed by atoms with van der Waals surface area (Å²) in [6.07, 6.45) is 8.69. The number of rotatable bonds is 6. The molecule has 154 valence electrons. The lowest BCUT2D eigenvalue weighted by molar-refractivity contribution is 0.0550. The van der Waals surface area contributed by atoms with Crippen LogP contribution in [0.1, 0.15) is 41.4 Å². The Bertz CT molecular complexity index is 1290. The van der Waals surface area contributed by atoms with Gasteiger partial charge in [-0.1, -0.05) is 36.4 Å². The summed E-state index contributed by atoms with van der Waals surface area (Å²) in [6.45, 7) is 4.34. The predicted molar refractivity (Wildman–Crippen MR) is 120 cm³/mol. The van der Waals surface area contributed by atoms with Gasteiger partial charge >= 0.3 is 5.97 Å². The third-order valence-electron chi connectivity index (χ3n) is 5.00. The third-order valence-corrected chi connectivity index (χ3v) is 5.00. The molecule has 6 heteroatoms. The summed E-state index contributed by atoms with van der Waals surface area (Å²) in [7, 11) is 0. The summed E-state index contributed by atoms with van der Waals surface area (Å²) in [6, 6.07) is 18.1. The number of hydrogen-bond acceptors (Lipinski definition) is 4. The maximum atomic E-state index is 12.3. The average Bonchev–Trinajstić information content (AvgIpc) is 3.42. The Morgan fingerprint density at radius 1 is 1.19 bits per heavy atom. The van der Waals surface area contributed by atoms with E-state index in [1.165, 1.54) is 6.20 Å². The van der Waals surface area contributed by atoms with Crippen LogP contribution < -0.4 is 0 Å². The zero-order valence-electron chi connectivity index (χ0n) is 17.4. The standard InChI is InChI=1S/C25H22N4O2/c1-18(2)28-16-20(14-26)23-13-22(10-11-24(23)28)29-17-21(15-27-29)25(30)31-12-6-9-19-7-4-3-5-8-19/h3-11,13,15-18H,12H2,1-2H3/b9-6+. The fraction of sp³-hybridized carbons (Fsp3) is 0.160. The SMILES string of the molecule is CC(C)n1cc(C#N)c2cc(-n3cc(C(=O)OC/C=C/c4ccccc4)cn3)ccc21. The number of ether oxygens (including phenoxy) is 1. The molecule has 2 aromatic carbocycles. The van der Waals surface area contributed by atoms with Gasteiger partial charge in [-0.05, 0) is 43.7 Å². The molecular weight excluding hydrogens is 388 g/mol. The van der Waals surface area contributed by atoms with E-state index in [-0.39, 0.29) is 12.6 Å². The Balaban J connectivity index is 1.49. The van der Waals surface area contributed by atoms with E-state index in [1.54, 1.807) is 17.0 Å². The highest BCUT2D eigenvalue weighted by Crippen LogP contribution is 2.26. The minimum Gasteiger partial charge on any atom is -0.458 e. The fourth-order valence-corrected chi connectivity index (χ4v) is 3.43. The Kier molecular flexibility index (Phi) is 5.67. The molecule has 0 saturated heterocycles. The lowest BCUT2D eigenvalue weighted by Gasteiger charge is -2.09. The first-order valence-electron chi connectivity index (χ1n) is 10.1. The van der Waals surface area contributed by atoms with Crippen LogP contribution in [-0.4, -0.2) is 26.9 Å². The maximum Gasteiger partial charge on any atom is 0.341 e. The van der Waals surface area contributed by atoms with Gasteiger partial charge in [0.05, 0.1) is 23.0 Å². The molecule has 4 aromatic rings. The molecule has 0 fully saturated rings. The van der Waals surface area contributed by atoms with Gasteiger partial charge in [0.1, 0.15) is 12.7 Å². The van der Waals surface area contributed by atoms with Crippen molar-refractivity contribution in [2.45, 2.75) is 19.9 Å². The van der Waals surface area contributed by atoms with Crippen molar-refractivity contribution in [3.05, 3.63) is 89.9 Å². The van der Waals surface area contributed by atoms with Crippen LogP contribution >= 0.6 is 0 Å². The number of hydrogen-bond donors (Lipinski definition) is 0. The normalized spacial score (nSPS) is 11.3. The van der Waals surface area contributed by atoms with Crippen molar-refractivity contribution < 1.29 is 9.53 Å². The zero-order chi connectivity index (χ0) is 21.8. The van der Waals surface area contributed by atoms with E-state index >= 15 is 0 Å². The first kappa shape index (κ1) is 20.2. The fourth-order valence-electron chi connectivity index (χ4n) is 3.43. The third kappa shape index (κ3) is 4.26. The summed E-state index contributed by atoms with van der Waals surface area (Å²) in [5.41, 5.74) is 3.79. The largest absolute Gasteiger partial charge is 0.458 e. The van der Waals surface area contributed by atoms with Crippen LogP contribution in [-0.2, 0) is 4.74 Å². The van der Waals surface area contributed by atoms with Crippen LogP contribution in [0.3, 0.4) is 0 Å². The second-order valence-electron chi connectivity index (χ2n) is 7.44. The van der Waals surface area contributed by atoms with Crippen LogP contribution in [0.25, 0.3) is 22.7 Å². The summed E-state index contributed by atoms with van der Waals surface area (Å²) in [5.74, 6) is -0.436. The van der Waals surface area contributed by atoms with Crippen LogP contribution in [0, 0.1) is 11.3 Å². The van der Waals surface area contributed by atoms with E-state index in [1.807, 2.05) is 60.8 Å². The average molecular weight is 410 g/mol. The number of benzene rings is 2. The molecular formula is C25H22N4O2. The smallest absolute Gasteiger partial charge is 0.341 e. The molecule has 2 heterocycles. The van der Waals surface area contributed by atoms with Gasteiger partial charge in [0.2, 0.25) is 0 Å². The van der Waals surface area contributed by atoms with E-state index < -0.39 is 5.97 Å². The van der Waals surface area contributed by atoms with Crippen molar-refractivity contribution in [2.75, 3.05) is 6.61 Å². The van der Waals surface area contributed by atoms with Crippen molar-refractivity contribution in [2.24, 2.45) is 0 Å². The molecule has 0 spiro atoms. The number of fused-ring (bicyclic) bond motifs is 1. The Morgan fingerprint density at radius 3 is 2.74 bits per heavy atom. The minimum absolute atomic E-state index is 0.180. The highest BCUT2D eigenvalue weighted by atomic mass is 16.5. The molecule has 0 aliphatic heterocycles. The molecule has 0 atom stereocenters. The van der Waals surface area contributed by atoms with Crippen molar-refractivity contribution in [3.63, 3.8) is 0 Å². The molecule has 2 aromatic heterocycles. The highest BCUT2D eigenvalue weighted by Gasteiger charge is 2.14. The molecule has 0 bridgehead atoms. The molecule has 31 heavy (non-hydrogen) atoms. The second kappa shape index (κ2) is 8.72. The lowest BCUT2D eigenvalue weighted by atomic mass is 10.1. The topological polar surface area (TPSA) is 72.8 Å². The highest BCUT2D eigenvalue weighted by molar-refractivity contribution is 5.90. The number of carbonyl (C=O) groups excluding carboxylic acids is 1. The van der Waals surface area contributed by atoms with Gasteiger partial charge < -0.3 is 9.30 Å². The molecule has 0 aliphatic rings. The van der Waals surface area contributed by atoms with Gasteiger partial charge in [-0.25, -0.2) is 9.48 Å². The molecule has 6 nitrogen and oxygen atoms in total. The lowest BCUT2D eigenvalue weighted by Crippen LogP contribution is -2.04. The summed E-state index contributed by atoms with van der Waals surface area (Å²) < 4.78 is 9.00. The Morgan fingerprint density at radius 2 is 2.00 bits per heavy atom. The van der Waals surface area contributed by atoms with E-state index in [2.05, 4.69) is 29.6 Å². The minimum atomic E-state index is -0.436. The molecule has 0 N–H and O–H groups in total. The Labute approximate surface area is 180 Å². The predicted octanol–water partition coefficient (Wildman–Crippen LogP) is 5.15. The second-order valence-corrected chi connectivity index (χ2v) is 7.44. The van der Waals surface area contributed by atoms with E-state index in [0.717, 1.165) is 22.2 Å². The monoisotopic (exact) mass is 410 g/mol. The number of aromatic nitrogens is 3. The van der Waals surface area contributed by atoms with E-state index in [0.29, 0.717) is 11.1 Å². The zero-order valence-corrected chi connectivity index (χ0v) is 17.4. The van der Waals surface area contributed by atoms with Crippen LogP contribution in [0.4, 0.5) is 0 Å². The van der Waals surface area contributed by atoms with Gasteiger partial charge in [0.15, 0.2) is 0 Å². The van der Waals surface area contributed by atoms with Crippen molar-refractivity contribution in [1.29, 1.82) is 5.26 Å². The molecule has 0 saturated carbocycles. The molecule has 0 amide bonds. The van der Waals surface area contributed by atoms with Crippen LogP contribution in [0.15, 0.2) is 73.2 Å². The van der Waals surface area contributed by atoms with Gasteiger partial charge in [-0.15, -0.1) is 0 Å². The first-order chi connectivity index (χ1) is 15.1. The molecule has 0 unspecified atom stereocenters. The number of nitrogens with zero attached hydrogens (tertiary/aromatic N) is 4. The van der Waals surface area contributed by atoms with E-state index in [4.69, 9.17) is 4.74 Å². The number of carbonyl (C=O) groups is 1. The van der Waals surface area contributed by atoms with Gasteiger partial charge in [0.25, 0.3) is 0 Å². The van der Waals surface area contributed by atoms with Crippen molar-refractivity contribution >= 4 is 22.9 Å². The van der Waals surface area contributed by atoms with Gasteiger partial charge in [-0.2, -0.15) is 10.4 Å². The van der Waals surface area contributed by atoms with Crippen molar-refractivity contribution in [1.82, 2.24) is 14.3 Å². The quantitative estimate of drug-likeness (QED) is 0.412. The first-order valence-corrected chi connectivity index (χ1v) is 10.1.